The molecule has 164 valence electrons. The van der Waals surface area contributed by atoms with E-state index in [-0.39, 0.29) is 30.0 Å². The number of esters is 2. The summed E-state index contributed by atoms with van der Waals surface area (Å²) in [5.74, 6) is -1.74. The number of anilines is 1. The lowest BCUT2D eigenvalue weighted by Crippen LogP contribution is -2.49. The van der Waals surface area contributed by atoms with Gasteiger partial charge in [0.15, 0.2) is 0 Å². The first-order valence-electron chi connectivity index (χ1n) is 9.60. The second-order valence-corrected chi connectivity index (χ2v) is 7.48. The van der Waals surface area contributed by atoms with E-state index in [2.05, 4.69) is 10.6 Å². The maximum absolute atomic E-state index is 12.8. The van der Waals surface area contributed by atoms with E-state index in [4.69, 9.17) is 21.1 Å². The lowest BCUT2D eigenvalue weighted by Gasteiger charge is -2.32. The highest BCUT2D eigenvalue weighted by Crippen LogP contribution is 2.35. The van der Waals surface area contributed by atoms with Crippen LogP contribution in [-0.4, -0.2) is 49.0 Å². The Bertz CT molecular complexity index is 1140. The molecule has 0 aromatic heterocycles. The van der Waals surface area contributed by atoms with Crippen molar-refractivity contribution in [3.05, 3.63) is 76.0 Å². The van der Waals surface area contributed by atoms with Crippen LogP contribution in [0.4, 0.5) is 10.5 Å². The predicted octanol–water partition coefficient (Wildman–Crippen LogP) is 2.64. The quantitative estimate of drug-likeness (QED) is 0.670. The van der Waals surface area contributed by atoms with Crippen LogP contribution in [0.15, 0.2) is 59.8 Å². The first kappa shape index (κ1) is 21.4. The average molecular weight is 456 g/mol. The molecular formula is C22H18ClN3O6. The van der Waals surface area contributed by atoms with Crippen molar-refractivity contribution in [3.8, 4) is 0 Å². The van der Waals surface area contributed by atoms with Gasteiger partial charge in [0.25, 0.3) is 0 Å². The van der Waals surface area contributed by atoms with Crippen LogP contribution in [0.1, 0.15) is 22.0 Å². The third-order valence-corrected chi connectivity index (χ3v) is 5.36. The van der Waals surface area contributed by atoms with Crippen LogP contribution < -0.4 is 10.6 Å². The van der Waals surface area contributed by atoms with Crippen LogP contribution in [0.2, 0.25) is 5.02 Å². The molecule has 0 saturated heterocycles. The lowest BCUT2D eigenvalue weighted by atomic mass is 9.96. The first-order chi connectivity index (χ1) is 15.4. The molecule has 2 aliphatic rings. The number of halogens is 1. The van der Waals surface area contributed by atoms with Gasteiger partial charge >= 0.3 is 18.0 Å². The number of carbonyl (C=O) groups excluding carboxylic acids is 4. The van der Waals surface area contributed by atoms with Gasteiger partial charge in [-0.05, 0) is 29.8 Å². The van der Waals surface area contributed by atoms with Crippen molar-refractivity contribution in [1.29, 1.82) is 0 Å². The Morgan fingerprint density at radius 1 is 1.19 bits per heavy atom. The van der Waals surface area contributed by atoms with Crippen LogP contribution in [-0.2, 0) is 19.1 Å². The van der Waals surface area contributed by atoms with Crippen molar-refractivity contribution in [2.45, 2.75) is 6.04 Å². The molecule has 2 aromatic rings. The minimum atomic E-state index is -0.718. The lowest BCUT2D eigenvalue weighted by molar-refractivity contribution is -0.136. The molecule has 32 heavy (non-hydrogen) atoms. The van der Waals surface area contributed by atoms with E-state index in [1.54, 1.807) is 42.5 Å². The Morgan fingerprint density at radius 2 is 1.91 bits per heavy atom. The molecule has 0 radical (unpaired) electrons. The topological polar surface area (TPSA) is 114 Å². The number of amides is 3. The molecule has 0 spiro atoms. The molecule has 10 heteroatoms. The number of nitrogens with one attached hydrogen (secondary N) is 2. The molecule has 2 N–H and O–H groups in total. The summed E-state index contributed by atoms with van der Waals surface area (Å²) in [6.07, 6.45) is 0. The summed E-state index contributed by atoms with van der Waals surface area (Å²) in [7, 11) is 1.24. The monoisotopic (exact) mass is 455 g/mol. The molecule has 0 saturated carbocycles. The van der Waals surface area contributed by atoms with E-state index in [0.29, 0.717) is 16.3 Å². The summed E-state index contributed by atoms with van der Waals surface area (Å²) >= 11 is 5.93. The van der Waals surface area contributed by atoms with E-state index < -0.39 is 29.9 Å². The summed E-state index contributed by atoms with van der Waals surface area (Å²) in [4.78, 5) is 51.0. The molecule has 2 heterocycles. The molecule has 2 aromatic carbocycles. The summed E-state index contributed by atoms with van der Waals surface area (Å²) in [6.45, 7) is -0.512. The van der Waals surface area contributed by atoms with Crippen molar-refractivity contribution < 1.29 is 28.7 Å². The van der Waals surface area contributed by atoms with Crippen molar-refractivity contribution in [3.63, 3.8) is 0 Å². The molecule has 0 fully saturated rings. The minimum Gasteiger partial charge on any atom is -0.465 e. The van der Waals surface area contributed by atoms with Gasteiger partial charge in [-0.3, -0.25) is 9.69 Å². The molecule has 2 aliphatic heterocycles. The number of rotatable bonds is 5. The average Bonchev–Trinajstić information content (AvgIpc) is 3.17. The van der Waals surface area contributed by atoms with E-state index in [9.17, 15) is 19.2 Å². The van der Waals surface area contributed by atoms with E-state index in [0.717, 1.165) is 4.90 Å². The van der Waals surface area contributed by atoms with E-state index >= 15 is 0 Å². The normalized spacial score (nSPS) is 17.4. The summed E-state index contributed by atoms with van der Waals surface area (Å²) in [5, 5.41) is 5.87. The molecular weight excluding hydrogens is 438 g/mol. The number of nitrogens with zero attached hydrogens (tertiary/aromatic N) is 1. The van der Waals surface area contributed by atoms with Crippen molar-refractivity contribution >= 4 is 41.2 Å². The SMILES string of the molecule is COC(=O)c1ccccc1NC(=O)CN1C(=O)N[C@H](c2ccc(Cl)cc2)C2=C1COC2=O. The second-order valence-electron chi connectivity index (χ2n) is 7.04. The number of benzene rings is 2. The van der Waals surface area contributed by atoms with Gasteiger partial charge in [-0.2, -0.15) is 0 Å². The molecule has 0 bridgehead atoms. The summed E-state index contributed by atoms with van der Waals surface area (Å²) in [6, 6.07) is 11.8. The standard InChI is InChI=1S/C22H18ClN3O6/c1-31-20(28)14-4-2-3-5-15(14)24-17(27)10-26-16-11-32-21(29)18(16)19(25-22(26)30)12-6-8-13(23)9-7-12/h2-9,19H,10-11H2,1H3,(H,24,27)(H,25,30)/t19-/m1/s1. The maximum atomic E-state index is 12.8. The fourth-order valence-corrected chi connectivity index (χ4v) is 3.72. The summed E-state index contributed by atoms with van der Waals surface area (Å²) in [5.41, 5.74) is 1.65. The van der Waals surface area contributed by atoms with Gasteiger partial charge < -0.3 is 20.1 Å². The fraction of sp³-hybridized carbons (Fsp3) is 0.182. The molecule has 3 amide bonds. The number of ether oxygens (including phenoxy) is 2. The zero-order valence-electron chi connectivity index (χ0n) is 16.9. The summed E-state index contributed by atoms with van der Waals surface area (Å²) < 4.78 is 9.87. The zero-order valence-corrected chi connectivity index (χ0v) is 17.6. The number of hydrogen-bond acceptors (Lipinski definition) is 6. The van der Waals surface area contributed by atoms with Crippen LogP contribution in [0, 0.1) is 0 Å². The van der Waals surface area contributed by atoms with E-state index in [1.165, 1.54) is 13.2 Å². The molecule has 4 rings (SSSR count). The molecule has 0 aliphatic carbocycles. The largest absolute Gasteiger partial charge is 0.465 e. The number of carbonyl (C=O) groups is 4. The van der Waals surface area contributed by atoms with Gasteiger partial charge in [0, 0.05) is 5.02 Å². The van der Waals surface area contributed by atoms with Gasteiger partial charge in [-0.15, -0.1) is 0 Å². The maximum Gasteiger partial charge on any atom is 0.339 e. The number of urea groups is 1. The van der Waals surface area contributed by atoms with Crippen molar-refractivity contribution in [1.82, 2.24) is 10.2 Å². The van der Waals surface area contributed by atoms with Crippen molar-refractivity contribution in [2.75, 3.05) is 25.6 Å². The smallest absolute Gasteiger partial charge is 0.339 e. The van der Waals surface area contributed by atoms with Crippen LogP contribution >= 0.6 is 11.6 Å². The highest BCUT2D eigenvalue weighted by Gasteiger charge is 2.42. The Kier molecular flexibility index (Phi) is 5.83. The number of methoxy groups -OCH3 is 1. The Hall–Kier alpha value is -3.85. The van der Waals surface area contributed by atoms with Crippen LogP contribution in [0.5, 0.6) is 0 Å². The van der Waals surface area contributed by atoms with Crippen LogP contribution in [0.3, 0.4) is 0 Å². The Balaban J connectivity index is 1.58. The van der Waals surface area contributed by atoms with Gasteiger partial charge in [-0.1, -0.05) is 35.9 Å². The Labute approximate surface area is 187 Å². The highest BCUT2D eigenvalue weighted by atomic mass is 35.5. The van der Waals surface area contributed by atoms with Gasteiger partial charge in [0.2, 0.25) is 5.91 Å². The minimum absolute atomic E-state index is 0.127. The number of para-hydroxylation sites is 1. The van der Waals surface area contributed by atoms with Crippen LogP contribution in [0.25, 0.3) is 0 Å². The van der Waals surface area contributed by atoms with Crippen molar-refractivity contribution in [2.24, 2.45) is 0 Å². The molecule has 0 unspecified atom stereocenters. The molecule has 1 atom stereocenters. The number of hydrogen-bond donors (Lipinski definition) is 2. The van der Waals surface area contributed by atoms with Gasteiger partial charge in [-0.25, -0.2) is 14.4 Å². The Morgan fingerprint density at radius 3 is 2.62 bits per heavy atom. The van der Waals surface area contributed by atoms with E-state index in [1.807, 2.05) is 0 Å². The zero-order chi connectivity index (χ0) is 22.8. The third kappa shape index (κ3) is 4.02. The van der Waals surface area contributed by atoms with Gasteiger partial charge in [0.1, 0.15) is 13.2 Å². The third-order valence-electron chi connectivity index (χ3n) is 5.11. The van der Waals surface area contributed by atoms with Gasteiger partial charge in [0.05, 0.1) is 35.7 Å². The fourth-order valence-electron chi connectivity index (χ4n) is 3.60. The second kappa shape index (κ2) is 8.72. The number of cyclic esters (lactones) is 1. The highest BCUT2D eigenvalue weighted by molar-refractivity contribution is 6.30. The predicted molar refractivity (Wildman–Crippen MR) is 114 cm³/mol. The first-order valence-corrected chi connectivity index (χ1v) is 9.97. The molecule has 9 nitrogen and oxygen atoms in total.